The Morgan fingerprint density at radius 1 is 1.46 bits per heavy atom. The molecule has 0 amide bonds. The SMILES string of the molecule is CCC(C)C(C)(C=O)CC=C(C)C. The van der Waals surface area contributed by atoms with Crippen LogP contribution in [0.4, 0.5) is 0 Å². The fourth-order valence-corrected chi connectivity index (χ4v) is 1.26. The summed E-state index contributed by atoms with van der Waals surface area (Å²) in [6, 6.07) is 0. The zero-order valence-electron chi connectivity index (χ0n) is 9.55. The maximum atomic E-state index is 11.0. The average Bonchev–Trinajstić information content (AvgIpc) is 2.12. The average molecular weight is 182 g/mol. The van der Waals surface area contributed by atoms with Gasteiger partial charge in [-0.2, -0.15) is 0 Å². The van der Waals surface area contributed by atoms with Crippen LogP contribution in [0.15, 0.2) is 11.6 Å². The third-order valence-corrected chi connectivity index (χ3v) is 2.96. The zero-order chi connectivity index (χ0) is 10.5. The highest BCUT2D eigenvalue weighted by molar-refractivity contribution is 5.59. The van der Waals surface area contributed by atoms with Crippen LogP contribution in [-0.2, 0) is 4.79 Å². The third kappa shape index (κ3) is 3.75. The summed E-state index contributed by atoms with van der Waals surface area (Å²) < 4.78 is 0. The molecule has 0 aromatic heterocycles. The van der Waals surface area contributed by atoms with Crippen LogP contribution < -0.4 is 0 Å². The van der Waals surface area contributed by atoms with Gasteiger partial charge in [0, 0.05) is 5.41 Å². The van der Waals surface area contributed by atoms with E-state index < -0.39 is 0 Å². The molecule has 0 aliphatic heterocycles. The molecule has 0 rings (SSSR count). The molecule has 0 aromatic carbocycles. The second-order valence-corrected chi connectivity index (χ2v) is 4.42. The van der Waals surface area contributed by atoms with Crippen molar-refractivity contribution in [2.75, 3.05) is 0 Å². The van der Waals surface area contributed by atoms with Crippen LogP contribution in [0.25, 0.3) is 0 Å². The van der Waals surface area contributed by atoms with Crippen molar-refractivity contribution < 1.29 is 4.79 Å². The summed E-state index contributed by atoms with van der Waals surface area (Å²) in [5.74, 6) is 0.459. The lowest BCUT2D eigenvalue weighted by atomic mass is 9.75. The topological polar surface area (TPSA) is 17.1 Å². The number of carbonyl (C=O) groups is 1. The Labute approximate surface area is 82.2 Å². The van der Waals surface area contributed by atoms with E-state index in [0.717, 1.165) is 19.1 Å². The second-order valence-electron chi connectivity index (χ2n) is 4.42. The highest BCUT2D eigenvalue weighted by atomic mass is 16.1. The first-order valence-corrected chi connectivity index (χ1v) is 5.06. The minimum absolute atomic E-state index is 0.175. The molecule has 0 saturated heterocycles. The number of hydrogen-bond donors (Lipinski definition) is 0. The maximum absolute atomic E-state index is 11.0. The summed E-state index contributed by atoms with van der Waals surface area (Å²) in [7, 11) is 0. The molecule has 0 bridgehead atoms. The molecule has 1 heteroatoms. The van der Waals surface area contributed by atoms with Gasteiger partial charge in [0.1, 0.15) is 6.29 Å². The molecule has 0 fully saturated rings. The maximum Gasteiger partial charge on any atom is 0.126 e. The van der Waals surface area contributed by atoms with Gasteiger partial charge in [-0.15, -0.1) is 0 Å². The minimum atomic E-state index is -0.175. The van der Waals surface area contributed by atoms with E-state index in [2.05, 4.69) is 33.8 Å². The van der Waals surface area contributed by atoms with E-state index in [-0.39, 0.29) is 5.41 Å². The van der Waals surface area contributed by atoms with Crippen molar-refractivity contribution >= 4 is 6.29 Å². The van der Waals surface area contributed by atoms with Crippen LogP contribution in [0.5, 0.6) is 0 Å². The number of aldehydes is 1. The first kappa shape index (κ1) is 12.4. The molecule has 0 N–H and O–H groups in total. The monoisotopic (exact) mass is 182 g/mol. The van der Waals surface area contributed by atoms with Gasteiger partial charge in [-0.1, -0.05) is 38.8 Å². The molecule has 13 heavy (non-hydrogen) atoms. The lowest BCUT2D eigenvalue weighted by molar-refractivity contribution is -0.117. The van der Waals surface area contributed by atoms with E-state index in [4.69, 9.17) is 0 Å². The molecule has 0 aromatic rings. The van der Waals surface area contributed by atoms with Crippen LogP contribution in [0.3, 0.4) is 0 Å². The van der Waals surface area contributed by atoms with Crippen molar-refractivity contribution in [2.24, 2.45) is 11.3 Å². The summed E-state index contributed by atoms with van der Waals surface area (Å²) in [5.41, 5.74) is 1.11. The van der Waals surface area contributed by atoms with Crippen molar-refractivity contribution in [3.63, 3.8) is 0 Å². The molecule has 0 saturated carbocycles. The minimum Gasteiger partial charge on any atom is -0.303 e. The molecule has 2 unspecified atom stereocenters. The standard InChI is InChI=1S/C12H22O/c1-6-11(4)12(5,9-13)8-7-10(2)3/h7,9,11H,6,8H2,1-5H3. The van der Waals surface area contributed by atoms with Crippen LogP contribution in [0, 0.1) is 11.3 Å². The number of hydrogen-bond acceptors (Lipinski definition) is 1. The molecule has 2 atom stereocenters. The summed E-state index contributed by atoms with van der Waals surface area (Å²) in [4.78, 5) is 11.0. The second kappa shape index (κ2) is 5.21. The number of carbonyl (C=O) groups excluding carboxylic acids is 1. The fraction of sp³-hybridized carbons (Fsp3) is 0.750. The Bertz CT molecular complexity index is 189. The van der Waals surface area contributed by atoms with Gasteiger partial charge in [-0.05, 0) is 26.2 Å². The van der Waals surface area contributed by atoms with Crippen LogP contribution in [0.2, 0.25) is 0 Å². The Morgan fingerprint density at radius 2 is 2.00 bits per heavy atom. The Balaban J connectivity index is 4.45. The van der Waals surface area contributed by atoms with Crippen molar-refractivity contribution in [1.82, 2.24) is 0 Å². The van der Waals surface area contributed by atoms with E-state index in [1.807, 2.05) is 6.92 Å². The van der Waals surface area contributed by atoms with Gasteiger partial charge >= 0.3 is 0 Å². The molecule has 1 nitrogen and oxygen atoms in total. The number of allylic oxidation sites excluding steroid dienone is 2. The molecule has 0 heterocycles. The lowest BCUT2D eigenvalue weighted by Crippen LogP contribution is -2.26. The molecule has 0 radical (unpaired) electrons. The fourth-order valence-electron chi connectivity index (χ4n) is 1.26. The predicted molar refractivity (Wildman–Crippen MR) is 57.7 cm³/mol. The van der Waals surface area contributed by atoms with Crippen LogP contribution >= 0.6 is 0 Å². The van der Waals surface area contributed by atoms with Crippen LogP contribution in [-0.4, -0.2) is 6.29 Å². The summed E-state index contributed by atoms with van der Waals surface area (Å²) in [5, 5.41) is 0. The number of rotatable bonds is 5. The van der Waals surface area contributed by atoms with Gasteiger partial charge in [0.05, 0.1) is 0 Å². The Morgan fingerprint density at radius 3 is 2.31 bits per heavy atom. The largest absolute Gasteiger partial charge is 0.303 e. The van der Waals surface area contributed by atoms with Gasteiger partial charge in [-0.25, -0.2) is 0 Å². The summed E-state index contributed by atoms with van der Waals surface area (Å²) >= 11 is 0. The van der Waals surface area contributed by atoms with Crippen molar-refractivity contribution in [2.45, 2.75) is 47.5 Å². The predicted octanol–water partition coefficient (Wildman–Crippen LogP) is 3.59. The van der Waals surface area contributed by atoms with Crippen molar-refractivity contribution in [3.8, 4) is 0 Å². The molecular weight excluding hydrogens is 160 g/mol. The molecule has 0 aliphatic rings. The first-order valence-electron chi connectivity index (χ1n) is 5.06. The van der Waals surface area contributed by atoms with E-state index in [1.54, 1.807) is 0 Å². The third-order valence-electron chi connectivity index (χ3n) is 2.96. The molecular formula is C12H22O. The highest BCUT2D eigenvalue weighted by Crippen LogP contribution is 2.31. The zero-order valence-corrected chi connectivity index (χ0v) is 9.55. The van der Waals surface area contributed by atoms with E-state index in [1.165, 1.54) is 5.57 Å². The van der Waals surface area contributed by atoms with E-state index >= 15 is 0 Å². The first-order chi connectivity index (χ1) is 5.96. The summed E-state index contributed by atoms with van der Waals surface area (Å²) in [6.07, 6.45) is 5.20. The molecule has 0 spiro atoms. The van der Waals surface area contributed by atoms with Gasteiger partial charge in [0.2, 0.25) is 0 Å². The van der Waals surface area contributed by atoms with Crippen molar-refractivity contribution in [3.05, 3.63) is 11.6 Å². The van der Waals surface area contributed by atoms with Crippen LogP contribution in [0.1, 0.15) is 47.5 Å². The van der Waals surface area contributed by atoms with E-state index in [0.29, 0.717) is 5.92 Å². The highest BCUT2D eigenvalue weighted by Gasteiger charge is 2.28. The quantitative estimate of drug-likeness (QED) is 0.469. The van der Waals surface area contributed by atoms with Gasteiger partial charge in [-0.3, -0.25) is 0 Å². The van der Waals surface area contributed by atoms with Gasteiger partial charge < -0.3 is 4.79 Å². The normalized spacial score (nSPS) is 17.3. The lowest BCUT2D eigenvalue weighted by Gasteiger charge is -2.28. The summed E-state index contributed by atoms with van der Waals surface area (Å²) in [6.45, 7) is 10.5. The Kier molecular flexibility index (Phi) is 4.97. The van der Waals surface area contributed by atoms with Gasteiger partial charge in [0.15, 0.2) is 0 Å². The van der Waals surface area contributed by atoms with Crippen molar-refractivity contribution in [1.29, 1.82) is 0 Å². The van der Waals surface area contributed by atoms with E-state index in [9.17, 15) is 4.79 Å². The van der Waals surface area contributed by atoms with Gasteiger partial charge in [0.25, 0.3) is 0 Å². The molecule has 0 aliphatic carbocycles. The Hall–Kier alpha value is -0.590. The molecule has 76 valence electrons. The smallest absolute Gasteiger partial charge is 0.126 e.